The fourth-order valence-electron chi connectivity index (χ4n) is 1.79. The lowest BCUT2D eigenvalue weighted by molar-refractivity contribution is -0.117. The molecule has 22 heavy (non-hydrogen) atoms. The molecule has 0 saturated carbocycles. The number of carboxylic acid groups (broad SMARTS) is 1. The quantitative estimate of drug-likeness (QED) is 0.854. The second-order valence-corrected chi connectivity index (χ2v) is 5.41. The summed E-state index contributed by atoms with van der Waals surface area (Å²) in [5.74, 6) is -1.32. The van der Waals surface area contributed by atoms with Gasteiger partial charge in [-0.25, -0.2) is 9.78 Å². The van der Waals surface area contributed by atoms with E-state index in [0.717, 1.165) is 11.3 Å². The summed E-state index contributed by atoms with van der Waals surface area (Å²) in [4.78, 5) is 27.1. The van der Waals surface area contributed by atoms with Crippen molar-refractivity contribution >= 4 is 28.9 Å². The van der Waals surface area contributed by atoms with Crippen molar-refractivity contribution in [3.8, 4) is 5.75 Å². The number of thiazole rings is 1. The highest BCUT2D eigenvalue weighted by Gasteiger charge is 2.21. The Morgan fingerprint density at radius 3 is 2.77 bits per heavy atom. The second kappa shape index (κ2) is 7.04. The lowest BCUT2D eigenvalue weighted by Gasteiger charge is -2.13. The van der Waals surface area contributed by atoms with E-state index in [2.05, 4.69) is 10.3 Å². The molecule has 0 saturated heterocycles. The Bertz CT molecular complexity index is 684. The fourth-order valence-corrected chi connectivity index (χ4v) is 2.64. The Kier molecular flexibility index (Phi) is 5.11. The summed E-state index contributed by atoms with van der Waals surface area (Å²) in [5, 5.41) is 13.6. The Morgan fingerprint density at radius 2 is 2.14 bits per heavy atom. The first-order valence-corrected chi connectivity index (χ1v) is 7.62. The highest BCUT2D eigenvalue weighted by atomic mass is 32.1. The van der Waals surface area contributed by atoms with Gasteiger partial charge in [0.1, 0.15) is 10.8 Å². The average molecular weight is 320 g/mol. The molecule has 0 aliphatic carbocycles. The van der Waals surface area contributed by atoms with E-state index in [1.54, 1.807) is 25.1 Å². The van der Waals surface area contributed by atoms with E-state index in [4.69, 9.17) is 9.84 Å². The predicted octanol–water partition coefficient (Wildman–Crippen LogP) is 2.98. The lowest BCUT2D eigenvalue weighted by Crippen LogP contribution is -2.19. The number of hydrogen-bond donors (Lipinski definition) is 2. The van der Waals surface area contributed by atoms with Gasteiger partial charge in [0.2, 0.25) is 5.91 Å². The highest BCUT2D eigenvalue weighted by Crippen LogP contribution is 2.27. The summed E-state index contributed by atoms with van der Waals surface area (Å²) in [6.45, 7) is 4.05. The Labute approximate surface area is 131 Å². The summed E-state index contributed by atoms with van der Waals surface area (Å²) < 4.78 is 5.45. The van der Waals surface area contributed by atoms with Crippen LogP contribution in [0.1, 0.15) is 35.3 Å². The van der Waals surface area contributed by atoms with Crippen molar-refractivity contribution in [2.75, 3.05) is 11.9 Å². The Balaban J connectivity index is 2.12. The smallest absolute Gasteiger partial charge is 0.355 e. The molecular weight excluding hydrogens is 304 g/mol. The number of amides is 1. The monoisotopic (exact) mass is 320 g/mol. The number of carbonyl (C=O) groups is 2. The van der Waals surface area contributed by atoms with Crippen LogP contribution in [-0.4, -0.2) is 28.6 Å². The molecule has 2 rings (SSSR count). The number of carboxylic acids is 1. The van der Waals surface area contributed by atoms with Crippen LogP contribution in [0.4, 0.5) is 5.69 Å². The maximum Gasteiger partial charge on any atom is 0.355 e. The van der Waals surface area contributed by atoms with Gasteiger partial charge in [0.15, 0.2) is 5.69 Å². The number of rotatable bonds is 6. The van der Waals surface area contributed by atoms with Gasteiger partial charge in [-0.2, -0.15) is 0 Å². The minimum Gasteiger partial charge on any atom is -0.492 e. The first kappa shape index (κ1) is 16.0. The summed E-state index contributed by atoms with van der Waals surface area (Å²) >= 11 is 1.16. The minimum atomic E-state index is -1.10. The van der Waals surface area contributed by atoms with E-state index >= 15 is 0 Å². The molecule has 1 aromatic carbocycles. The fraction of sp³-hybridized carbons (Fsp3) is 0.267. The topological polar surface area (TPSA) is 88.5 Å². The number of aromatic carboxylic acids is 1. The van der Waals surface area contributed by atoms with Crippen LogP contribution in [0.15, 0.2) is 29.6 Å². The van der Waals surface area contributed by atoms with E-state index < -0.39 is 11.9 Å². The third-order valence-corrected chi connectivity index (χ3v) is 3.98. The van der Waals surface area contributed by atoms with Crippen LogP contribution in [0.5, 0.6) is 5.75 Å². The van der Waals surface area contributed by atoms with E-state index in [0.29, 0.717) is 23.1 Å². The molecule has 2 aromatic rings. The van der Waals surface area contributed by atoms with Gasteiger partial charge < -0.3 is 15.2 Å². The standard InChI is InChI=1S/C15H16N2O4S/c1-3-21-12-7-5-4-6-10(12)16-13(18)9(2)14-17-11(8-22-14)15(19)20/h4-9H,3H2,1-2H3,(H,16,18)(H,19,20)/t9-/m0/s1. The van der Waals surface area contributed by atoms with Crippen LogP contribution in [0, 0.1) is 0 Å². The first-order valence-electron chi connectivity index (χ1n) is 6.74. The van der Waals surface area contributed by atoms with E-state index in [-0.39, 0.29) is 11.6 Å². The first-order chi connectivity index (χ1) is 10.5. The lowest BCUT2D eigenvalue weighted by atomic mass is 10.1. The van der Waals surface area contributed by atoms with E-state index in [1.807, 2.05) is 13.0 Å². The number of nitrogens with zero attached hydrogens (tertiary/aromatic N) is 1. The third-order valence-electron chi connectivity index (χ3n) is 2.95. The van der Waals surface area contributed by atoms with Crippen LogP contribution >= 0.6 is 11.3 Å². The molecule has 1 atom stereocenters. The number of nitrogens with one attached hydrogen (secondary N) is 1. The zero-order chi connectivity index (χ0) is 16.1. The largest absolute Gasteiger partial charge is 0.492 e. The number of aromatic nitrogens is 1. The molecule has 0 spiro atoms. The average Bonchev–Trinajstić information content (AvgIpc) is 2.98. The van der Waals surface area contributed by atoms with Crippen LogP contribution in [0.2, 0.25) is 0 Å². The second-order valence-electron chi connectivity index (χ2n) is 4.52. The zero-order valence-corrected chi connectivity index (χ0v) is 13.0. The Morgan fingerprint density at radius 1 is 1.41 bits per heavy atom. The zero-order valence-electron chi connectivity index (χ0n) is 12.2. The molecule has 2 N–H and O–H groups in total. The SMILES string of the molecule is CCOc1ccccc1NC(=O)[C@H](C)c1nc(C(=O)O)cs1. The van der Waals surface area contributed by atoms with Crippen molar-refractivity contribution in [2.24, 2.45) is 0 Å². The van der Waals surface area contributed by atoms with Crippen LogP contribution in [-0.2, 0) is 4.79 Å². The maximum atomic E-state index is 12.3. The van der Waals surface area contributed by atoms with Gasteiger partial charge in [0.05, 0.1) is 18.2 Å². The molecule has 1 amide bonds. The van der Waals surface area contributed by atoms with Crippen molar-refractivity contribution in [3.05, 3.63) is 40.3 Å². The van der Waals surface area contributed by atoms with Crippen molar-refractivity contribution in [2.45, 2.75) is 19.8 Å². The predicted molar refractivity (Wildman–Crippen MR) is 83.7 cm³/mol. The molecule has 1 aromatic heterocycles. The number of ether oxygens (including phenoxy) is 1. The summed E-state index contributed by atoms with van der Waals surface area (Å²) in [5.41, 5.74) is 0.533. The molecule has 7 heteroatoms. The Hall–Kier alpha value is -2.41. The number of carbonyl (C=O) groups excluding carboxylic acids is 1. The molecule has 0 unspecified atom stereocenters. The number of benzene rings is 1. The normalized spacial score (nSPS) is 11.7. The van der Waals surface area contributed by atoms with E-state index in [9.17, 15) is 9.59 Å². The van der Waals surface area contributed by atoms with Crippen molar-refractivity contribution < 1.29 is 19.4 Å². The number of anilines is 1. The third kappa shape index (κ3) is 3.62. The minimum absolute atomic E-state index is 0.0469. The molecule has 0 radical (unpaired) electrons. The van der Waals surface area contributed by atoms with Gasteiger partial charge in [-0.15, -0.1) is 11.3 Å². The molecule has 0 aliphatic heterocycles. The highest BCUT2D eigenvalue weighted by molar-refractivity contribution is 7.10. The van der Waals surface area contributed by atoms with Crippen molar-refractivity contribution in [1.82, 2.24) is 4.98 Å². The van der Waals surface area contributed by atoms with Gasteiger partial charge in [-0.05, 0) is 26.0 Å². The molecule has 116 valence electrons. The molecule has 0 bridgehead atoms. The van der Waals surface area contributed by atoms with Crippen molar-refractivity contribution in [3.63, 3.8) is 0 Å². The van der Waals surface area contributed by atoms with Gasteiger partial charge in [0, 0.05) is 5.38 Å². The van der Waals surface area contributed by atoms with Gasteiger partial charge in [-0.3, -0.25) is 4.79 Å². The van der Waals surface area contributed by atoms with Crippen LogP contribution < -0.4 is 10.1 Å². The molecule has 0 fully saturated rings. The number of para-hydroxylation sites is 2. The number of hydrogen-bond acceptors (Lipinski definition) is 5. The summed E-state index contributed by atoms with van der Waals surface area (Å²) in [6, 6.07) is 7.15. The summed E-state index contributed by atoms with van der Waals surface area (Å²) in [7, 11) is 0. The van der Waals surface area contributed by atoms with Gasteiger partial charge in [-0.1, -0.05) is 12.1 Å². The molecule has 0 aliphatic rings. The molecule has 6 nitrogen and oxygen atoms in total. The van der Waals surface area contributed by atoms with E-state index in [1.165, 1.54) is 5.38 Å². The van der Waals surface area contributed by atoms with Crippen molar-refractivity contribution in [1.29, 1.82) is 0 Å². The van der Waals surface area contributed by atoms with Gasteiger partial charge in [0.25, 0.3) is 0 Å². The summed E-state index contributed by atoms with van der Waals surface area (Å²) in [6.07, 6.45) is 0. The van der Waals surface area contributed by atoms with Crippen LogP contribution in [0.25, 0.3) is 0 Å². The molecule has 1 heterocycles. The van der Waals surface area contributed by atoms with Crippen LogP contribution in [0.3, 0.4) is 0 Å². The molecular formula is C15H16N2O4S. The maximum absolute atomic E-state index is 12.3. The van der Waals surface area contributed by atoms with Gasteiger partial charge >= 0.3 is 5.97 Å².